The van der Waals surface area contributed by atoms with Crippen LogP contribution in [-0.4, -0.2) is 59.3 Å². The summed E-state index contributed by atoms with van der Waals surface area (Å²) < 4.78 is 31.4. The Balaban J connectivity index is 0.00000320. The van der Waals surface area contributed by atoms with Crippen molar-refractivity contribution in [3.05, 3.63) is 42.2 Å². The van der Waals surface area contributed by atoms with Gasteiger partial charge in [-0.2, -0.15) is 13.9 Å². The summed E-state index contributed by atoms with van der Waals surface area (Å²) in [6.07, 6.45) is 3.46. The van der Waals surface area contributed by atoms with Gasteiger partial charge in [0, 0.05) is 38.4 Å². The van der Waals surface area contributed by atoms with Gasteiger partial charge in [0.05, 0.1) is 18.4 Å². The van der Waals surface area contributed by atoms with Crippen LogP contribution in [0.5, 0.6) is 5.75 Å². The highest BCUT2D eigenvalue weighted by Crippen LogP contribution is 2.21. The Morgan fingerprint density at radius 2 is 2.10 bits per heavy atom. The van der Waals surface area contributed by atoms with Crippen molar-refractivity contribution >= 4 is 41.5 Å². The monoisotopic (exact) mass is 534 g/mol. The Morgan fingerprint density at radius 3 is 2.73 bits per heavy atom. The molecule has 0 atom stereocenters. The number of hydrogen-bond donors (Lipinski definition) is 1. The number of rotatable bonds is 6. The van der Waals surface area contributed by atoms with Crippen LogP contribution < -0.4 is 15.0 Å². The van der Waals surface area contributed by atoms with Crippen molar-refractivity contribution in [2.75, 3.05) is 31.1 Å². The topological polar surface area (TPSA) is 75.0 Å². The molecule has 1 amide bonds. The van der Waals surface area contributed by atoms with Crippen LogP contribution in [0.15, 0.2) is 41.7 Å². The van der Waals surface area contributed by atoms with Crippen LogP contribution in [0.25, 0.3) is 0 Å². The molecule has 2 heterocycles. The highest BCUT2D eigenvalue weighted by Gasteiger charge is 2.27. The molecule has 0 spiro atoms. The van der Waals surface area contributed by atoms with Crippen LogP contribution in [-0.2, 0) is 18.4 Å². The fourth-order valence-electron chi connectivity index (χ4n) is 3.11. The summed E-state index contributed by atoms with van der Waals surface area (Å²) in [5.41, 5.74) is 1.31. The zero-order chi connectivity index (χ0) is 20.8. The molecule has 1 aliphatic heterocycles. The number of aliphatic imine (C=N–C) groups is 1. The second-order valence-corrected chi connectivity index (χ2v) is 6.50. The number of ether oxygens (including phenoxy) is 1. The maximum atomic E-state index is 12.6. The van der Waals surface area contributed by atoms with Gasteiger partial charge in [0.1, 0.15) is 12.3 Å². The molecule has 1 aromatic carbocycles. The molecular weight excluding hydrogens is 509 g/mol. The number of hydrogen-bond acceptors (Lipinski definition) is 4. The molecule has 0 saturated carbocycles. The van der Waals surface area contributed by atoms with Crippen LogP contribution in [0.4, 0.5) is 14.5 Å². The van der Waals surface area contributed by atoms with Gasteiger partial charge in [0.15, 0.2) is 5.96 Å². The van der Waals surface area contributed by atoms with E-state index in [1.165, 1.54) is 6.07 Å². The number of halogens is 3. The molecule has 0 unspecified atom stereocenters. The zero-order valence-corrected chi connectivity index (χ0v) is 19.1. The molecule has 0 radical (unpaired) electrons. The summed E-state index contributed by atoms with van der Waals surface area (Å²) in [6, 6.07) is 6.55. The summed E-state index contributed by atoms with van der Waals surface area (Å²) in [6.45, 7) is 1.05. The summed E-state index contributed by atoms with van der Waals surface area (Å²) in [5.74, 6) is 0.592. The first kappa shape index (κ1) is 23.8. The average Bonchev–Trinajstić information content (AvgIpc) is 3.11. The molecule has 1 aromatic heterocycles. The molecule has 0 aliphatic carbocycles. The quantitative estimate of drug-likeness (QED) is 0.350. The van der Waals surface area contributed by atoms with Crippen molar-refractivity contribution < 1.29 is 18.3 Å². The highest BCUT2D eigenvalue weighted by atomic mass is 127. The van der Waals surface area contributed by atoms with E-state index >= 15 is 0 Å². The third kappa shape index (κ3) is 6.03. The van der Waals surface area contributed by atoms with Crippen molar-refractivity contribution in [2.45, 2.75) is 20.1 Å². The number of para-hydroxylation sites is 1. The second-order valence-electron chi connectivity index (χ2n) is 6.50. The maximum absolute atomic E-state index is 12.6. The number of carbonyl (C=O) groups is 1. The number of nitrogens with zero attached hydrogens (tertiary/aromatic N) is 5. The number of alkyl halides is 2. The standard InChI is InChI=1S/C19H24F2N6O2.HI/c1-3-22-19(23-10-14-6-4-5-7-16(14)29-18(20)21)26-8-9-27(17(28)13-26)15-11-24-25(2)12-15;/h4-7,11-12,18H,3,8-10,13H2,1-2H3,(H,22,23);1H. The predicted molar refractivity (Wildman–Crippen MR) is 120 cm³/mol. The molecule has 2 aromatic rings. The van der Waals surface area contributed by atoms with E-state index < -0.39 is 6.61 Å². The number of anilines is 1. The van der Waals surface area contributed by atoms with Gasteiger partial charge in [-0.15, -0.1) is 24.0 Å². The van der Waals surface area contributed by atoms with Crippen LogP contribution in [0.1, 0.15) is 12.5 Å². The van der Waals surface area contributed by atoms with E-state index in [1.807, 2.05) is 11.8 Å². The first-order valence-electron chi connectivity index (χ1n) is 9.33. The molecule has 1 saturated heterocycles. The molecule has 3 rings (SSSR count). The summed E-state index contributed by atoms with van der Waals surface area (Å²) in [7, 11) is 1.80. The molecule has 164 valence electrons. The summed E-state index contributed by atoms with van der Waals surface area (Å²) in [5, 5.41) is 7.27. The van der Waals surface area contributed by atoms with E-state index in [0.29, 0.717) is 31.2 Å². The lowest BCUT2D eigenvalue weighted by molar-refractivity contribution is -0.120. The third-order valence-electron chi connectivity index (χ3n) is 4.45. The Hall–Kier alpha value is -2.44. The number of amides is 1. The molecular formula is C19H25F2IN6O2. The zero-order valence-electron chi connectivity index (χ0n) is 16.8. The normalized spacial score (nSPS) is 14.7. The first-order chi connectivity index (χ1) is 14.0. The number of aromatic nitrogens is 2. The Labute approximate surface area is 190 Å². The van der Waals surface area contributed by atoms with E-state index in [4.69, 9.17) is 0 Å². The Morgan fingerprint density at radius 1 is 1.33 bits per heavy atom. The number of carbonyl (C=O) groups excluding carboxylic acids is 1. The number of nitrogens with one attached hydrogen (secondary N) is 1. The third-order valence-corrected chi connectivity index (χ3v) is 4.45. The van der Waals surface area contributed by atoms with Crippen LogP contribution in [0, 0.1) is 0 Å². The minimum Gasteiger partial charge on any atom is -0.434 e. The Kier molecular flexibility index (Phi) is 8.81. The van der Waals surface area contributed by atoms with Gasteiger partial charge in [0.25, 0.3) is 0 Å². The van der Waals surface area contributed by atoms with Gasteiger partial charge in [-0.05, 0) is 13.0 Å². The van der Waals surface area contributed by atoms with Crippen molar-refractivity contribution in [2.24, 2.45) is 12.0 Å². The number of guanidine groups is 1. The fourth-order valence-corrected chi connectivity index (χ4v) is 3.11. The van der Waals surface area contributed by atoms with E-state index in [-0.39, 0.29) is 48.7 Å². The highest BCUT2D eigenvalue weighted by molar-refractivity contribution is 14.0. The van der Waals surface area contributed by atoms with Crippen molar-refractivity contribution in [1.82, 2.24) is 20.0 Å². The first-order valence-corrected chi connectivity index (χ1v) is 9.33. The predicted octanol–water partition coefficient (Wildman–Crippen LogP) is 2.45. The van der Waals surface area contributed by atoms with Gasteiger partial charge in [0.2, 0.25) is 5.91 Å². The number of benzene rings is 1. The fraction of sp³-hybridized carbons (Fsp3) is 0.421. The lowest BCUT2D eigenvalue weighted by Crippen LogP contribution is -2.55. The van der Waals surface area contributed by atoms with Crippen molar-refractivity contribution in [1.29, 1.82) is 0 Å². The van der Waals surface area contributed by atoms with E-state index in [9.17, 15) is 13.6 Å². The molecule has 1 aliphatic rings. The Bertz CT molecular complexity index is 876. The van der Waals surface area contributed by atoms with Gasteiger partial charge in [-0.3, -0.25) is 9.48 Å². The SMILES string of the molecule is CCNC(=NCc1ccccc1OC(F)F)N1CCN(c2cnn(C)c2)C(=O)C1.I. The van der Waals surface area contributed by atoms with Gasteiger partial charge < -0.3 is 19.9 Å². The van der Waals surface area contributed by atoms with Gasteiger partial charge in [-0.25, -0.2) is 4.99 Å². The summed E-state index contributed by atoms with van der Waals surface area (Å²) >= 11 is 0. The smallest absolute Gasteiger partial charge is 0.387 e. The van der Waals surface area contributed by atoms with E-state index in [0.717, 1.165) is 5.69 Å². The molecule has 11 heteroatoms. The largest absolute Gasteiger partial charge is 0.434 e. The lowest BCUT2D eigenvalue weighted by Gasteiger charge is -2.35. The maximum Gasteiger partial charge on any atom is 0.387 e. The second kappa shape index (κ2) is 11.1. The minimum absolute atomic E-state index is 0. The van der Waals surface area contributed by atoms with Crippen molar-refractivity contribution in [3.8, 4) is 5.75 Å². The molecule has 30 heavy (non-hydrogen) atoms. The number of aryl methyl sites for hydroxylation is 1. The lowest BCUT2D eigenvalue weighted by atomic mass is 10.2. The van der Waals surface area contributed by atoms with Gasteiger partial charge >= 0.3 is 6.61 Å². The molecule has 8 nitrogen and oxygen atoms in total. The number of piperazine rings is 1. The van der Waals surface area contributed by atoms with E-state index in [1.54, 1.807) is 47.2 Å². The van der Waals surface area contributed by atoms with Crippen molar-refractivity contribution in [3.63, 3.8) is 0 Å². The van der Waals surface area contributed by atoms with Crippen LogP contribution in [0.3, 0.4) is 0 Å². The van der Waals surface area contributed by atoms with Gasteiger partial charge in [-0.1, -0.05) is 18.2 Å². The molecule has 1 N–H and O–H groups in total. The minimum atomic E-state index is -2.90. The van der Waals surface area contributed by atoms with Crippen LogP contribution in [0.2, 0.25) is 0 Å². The average molecular weight is 534 g/mol. The molecule has 0 bridgehead atoms. The van der Waals surface area contributed by atoms with E-state index in [2.05, 4.69) is 20.1 Å². The molecule has 1 fully saturated rings. The summed E-state index contributed by atoms with van der Waals surface area (Å²) in [4.78, 5) is 20.7. The van der Waals surface area contributed by atoms with Crippen LogP contribution >= 0.6 is 24.0 Å².